The van der Waals surface area contributed by atoms with Gasteiger partial charge in [0.05, 0.1) is 6.10 Å². The highest BCUT2D eigenvalue weighted by Gasteiger charge is 2.59. The van der Waals surface area contributed by atoms with Gasteiger partial charge in [0.2, 0.25) is 0 Å². The quantitative estimate of drug-likeness (QED) is 0.366. The molecule has 1 nitrogen and oxygen atoms in total. The van der Waals surface area contributed by atoms with Gasteiger partial charge in [-0.05, 0) is 98.2 Å². The van der Waals surface area contributed by atoms with Crippen LogP contribution in [0, 0.1) is 58.7 Å². The molecular formula is C31H60O. The lowest BCUT2D eigenvalue weighted by atomic mass is 9.45. The molecule has 0 bridgehead atoms. The van der Waals surface area contributed by atoms with Gasteiger partial charge in [-0.1, -0.05) is 76.2 Å². The van der Waals surface area contributed by atoms with Crippen LogP contribution in [0.1, 0.15) is 134 Å². The second-order valence-electron chi connectivity index (χ2n) is 10.9. The third-order valence-corrected chi connectivity index (χ3v) is 9.45. The molecule has 4 rings (SSSR count). The number of fused-ring (bicyclic) bond motifs is 5. The lowest BCUT2D eigenvalue weighted by Gasteiger charge is -2.60. The highest BCUT2D eigenvalue weighted by molar-refractivity contribution is 5.08. The standard InChI is InChI=1S/C20H34O.C5H8.3C2H6/c1-13-4-7-17-16-6-5-14-12-15(21)8-10-20(14,3)18(16)9-11-19(13,17)2;1-4-5(2)3;3*1-2/h13-18,21H,4-12H2,1-3H3;1,5H,2-3H3;3*1-2H3. The molecule has 32 heavy (non-hydrogen) atoms. The SMILES string of the molecule is C#CC(C)C.CC.CC.CC.CC1CCC2C3CCC4CC(O)CCC4(C)C3CCC12C. The molecule has 4 aliphatic rings. The molecule has 0 aromatic carbocycles. The summed E-state index contributed by atoms with van der Waals surface area (Å²) in [5, 5.41) is 10.1. The number of rotatable bonds is 0. The first-order valence-electron chi connectivity index (χ1n) is 14.4. The predicted molar refractivity (Wildman–Crippen MR) is 145 cm³/mol. The number of aliphatic hydroxyl groups excluding tert-OH is 1. The molecule has 0 aliphatic heterocycles. The maximum Gasteiger partial charge on any atom is 0.0543 e. The molecule has 0 spiro atoms. The lowest BCUT2D eigenvalue weighted by Crippen LogP contribution is -2.53. The van der Waals surface area contributed by atoms with E-state index in [9.17, 15) is 5.11 Å². The Hall–Kier alpha value is -0.480. The van der Waals surface area contributed by atoms with Crippen LogP contribution < -0.4 is 0 Å². The molecule has 8 unspecified atom stereocenters. The minimum absolute atomic E-state index is 0.0000147. The Morgan fingerprint density at radius 3 is 1.81 bits per heavy atom. The zero-order valence-electron chi connectivity index (χ0n) is 23.9. The molecule has 8 atom stereocenters. The fourth-order valence-electron chi connectivity index (χ4n) is 7.50. The first kappa shape index (κ1) is 31.5. The molecule has 0 radical (unpaired) electrons. The van der Waals surface area contributed by atoms with Crippen molar-refractivity contribution in [2.75, 3.05) is 0 Å². The first-order valence-corrected chi connectivity index (χ1v) is 14.4. The van der Waals surface area contributed by atoms with Crippen molar-refractivity contribution in [1.29, 1.82) is 0 Å². The zero-order valence-corrected chi connectivity index (χ0v) is 23.9. The summed E-state index contributed by atoms with van der Waals surface area (Å²) >= 11 is 0. The van der Waals surface area contributed by atoms with Crippen LogP contribution in [0.4, 0.5) is 0 Å². The van der Waals surface area contributed by atoms with Crippen molar-refractivity contribution in [2.24, 2.45) is 46.3 Å². The summed E-state index contributed by atoms with van der Waals surface area (Å²) in [5.41, 5.74) is 1.20. The summed E-state index contributed by atoms with van der Waals surface area (Å²) in [5.74, 6) is 7.68. The Labute approximate surface area is 203 Å². The second-order valence-corrected chi connectivity index (χ2v) is 10.9. The Balaban J connectivity index is 0.000000753. The van der Waals surface area contributed by atoms with Crippen LogP contribution in [0.5, 0.6) is 0 Å². The van der Waals surface area contributed by atoms with Gasteiger partial charge in [-0.3, -0.25) is 0 Å². The Morgan fingerprint density at radius 2 is 1.28 bits per heavy atom. The number of terminal acetylenes is 1. The molecule has 4 fully saturated rings. The monoisotopic (exact) mass is 448 g/mol. The minimum atomic E-state index is -0.0000147. The van der Waals surface area contributed by atoms with Crippen molar-refractivity contribution < 1.29 is 5.11 Å². The van der Waals surface area contributed by atoms with Crippen molar-refractivity contribution in [3.05, 3.63) is 0 Å². The molecule has 0 amide bonds. The summed E-state index contributed by atoms with van der Waals surface area (Å²) in [6.07, 6.45) is 17.2. The van der Waals surface area contributed by atoms with Crippen molar-refractivity contribution >= 4 is 0 Å². The van der Waals surface area contributed by atoms with Gasteiger partial charge in [0.1, 0.15) is 0 Å². The van der Waals surface area contributed by atoms with E-state index in [0.29, 0.717) is 16.7 Å². The summed E-state index contributed by atoms with van der Waals surface area (Å²) in [4.78, 5) is 0. The molecular weight excluding hydrogens is 388 g/mol. The highest BCUT2D eigenvalue weighted by Crippen LogP contribution is 2.67. The number of aliphatic hydroxyl groups is 1. The molecule has 0 heterocycles. The van der Waals surface area contributed by atoms with Crippen LogP contribution in [-0.4, -0.2) is 11.2 Å². The van der Waals surface area contributed by atoms with Gasteiger partial charge < -0.3 is 5.11 Å². The molecule has 1 N–H and O–H groups in total. The van der Waals surface area contributed by atoms with Gasteiger partial charge in [0.15, 0.2) is 0 Å². The Morgan fingerprint density at radius 1 is 0.781 bits per heavy atom. The van der Waals surface area contributed by atoms with Crippen LogP contribution in [-0.2, 0) is 0 Å². The zero-order chi connectivity index (χ0) is 25.1. The van der Waals surface area contributed by atoms with E-state index < -0.39 is 0 Å². The van der Waals surface area contributed by atoms with Crippen molar-refractivity contribution in [2.45, 2.75) is 140 Å². The van der Waals surface area contributed by atoms with E-state index in [1.807, 2.05) is 55.4 Å². The average Bonchev–Trinajstić information content (AvgIpc) is 3.13. The molecule has 0 aromatic heterocycles. The maximum atomic E-state index is 10.1. The fourth-order valence-corrected chi connectivity index (χ4v) is 7.50. The van der Waals surface area contributed by atoms with E-state index in [-0.39, 0.29) is 6.10 Å². The van der Waals surface area contributed by atoms with E-state index in [0.717, 1.165) is 42.4 Å². The summed E-state index contributed by atoms with van der Waals surface area (Å²) in [7, 11) is 0. The predicted octanol–water partition coefficient (Wildman–Crippen LogP) is 9.38. The van der Waals surface area contributed by atoms with Gasteiger partial charge in [0.25, 0.3) is 0 Å². The van der Waals surface area contributed by atoms with Gasteiger partial charge in [-0.15, -0.1) is 12.3 Å². The third kappa shape index (κ3) is 6.78. The van der Waals surface area contributed by atoms with E-state index >= 15 is 0 Å². The number of hydrogen-bond donors (Lipinski definition) is 1. The highest BCUT2D eigenvalue weighted by atomic mass is 16.3. The second kappa shape index (κ2) is 14.7. The van der Waals surface area contributed by atoms with Crippen molar-refractivity contribution in [3.8, 4) is 12.3 Å². The van der Waals surface area contributed by atoms with Gasteiger partial charge >= 0.3 is 0 Å². The van der Waals surface area contributed by atoms with Crippen LogP contribution in [0.15, 0.2) is 0 Å². The van der Waals surface area contributed by atoms with E-state index in [1.165, 1.54) is 44.9 Å². The molecule has 1 heteroatoms. The van der Waals surface area contributed by atoms with Gasteiger partial charge in [0, 0.05) is 5.92 Å². The van der Waals surface area contributed by atoms with Gasteiger partial charge in [-0.2, -0.15) is 0 Å². The Kier molecular flexibility index (Phi) is 14.5. The summed E-state index contributed by atoms with van der Waals surface area (Å²) in [6, 6.07) is 0. The minimum Gasteiger partial charge on any atom is -0.393 e. The van der Waals surface area contributed by atoms with Crippen LogP contribution in [0.25, 0.3) is 0 Å². The van der Waals surface area contributed by atoms with E-state index in [1.54, 1.807) is 0 Å². The largest absolute Gasteiger partial charge is 0.393 e. The van der Waals surface area contributed by atoms with Gasteiger partial charge in [-0.25, -0.2) is 0 Å². The van der Waals surface area contributed by atoms with Crippen LogP contribution >= 0.6 is 0 Å². The first-order chi connectivity index (χ1) is 15.2. The number of hydrogen-bond acceptors (Lipinski definition) is 1. The topological polar surface area (TPSA) is 20.2 Å². The fraction of sp³-hybridized carbons (Fsp3) is 0.935. The average molecular weight is 449 g/mol. The Bertz CT molecular complexity index is 531. The molecule has 4 saturated carbocycles. The molecule has 0 saturated heterocycles. The van der Waals surface area contributed by atoms with Crippen LogP contribution in [0.2, 0.25) is 0 Å². The maximum absolute atomic E-state index is 10.1. The molecule has 4 aliphatic carbocycles. The van der Waals surface area contributed by atoms with Crippen molar-refractivity contribution in [1.82, 2.24) is 0 Å². The normalized spacial score (nSPS) is 41.1. The van der Waals surface area contributed by atoms with E-state index in [2.05, 4.69) is 26.7 Å². The van der Waals surface area contributed by atoms with Crippen molar-refractivity contribution in [3.63, 3.8) is 0 Å². The smallest absolute Gasteiger partial charge is 0.0543 e. The molecule has 190 valence electrons. The molecule has 0 aromatic rings. The summed E-state index contributed by atoms with van der Waals surface area (Å²) < 4.78 is 0. The lowest BCUT2D eigenvalue weighted by molar-refractivity contribution is -0.125. The summed E-state index contributed by atoms with van der Waals surface area (Å²) in [6.45, 7) is 23.7. The third-order valence-electron chi connectivity index (χ3n) is 9.45. The van der Waals surface area contributed by atoms with E-state index in [4.69, 9.17) is 6.42 Å². The van der Waals surface area contributed by atoms with Crippen LogP contribution in [0.3, 0.4) is 0 Å².